The van der Waals surface area contributed by atoms with Crippen LogP contribution in [-0.2, 0) is 13.1 Å². The molecule has 0 aliphatic carbocycles. The van der Waals surface area contributed by atoms with Crippen LogP contribution in [-0.4, -0.2) is 26.2 Å². The number of hydrogen-bond acceptors (Lipinski definition) is 2. The lowest BCUT2D eigenvalue weighted by molar-refractivity contribution is -0.693. The Kier molecular flexibility index (Phi) is 11.5. The molecule has 0 bridgehead atoms. The first-order valence-corrected chi connectivity index (χ1v) is 16.7. The number of anilines is 2. The van der Waals surface area contributed by atoms with Crippen LogP contribution < -0.4 is 18.9 Å². The summed E-state index contributed by atoms with van der Waals surface area (Å²) < 4.78 is 4.50. The average molecular weight is 609 g/mol. The van der Waals surface area contributed by atoms with Gasteiger partial charge in [-0.3, -0.25) is 0 Å². The first-order valence-electron chi connectivity index (χ1n) is 16.7. The van der Waals surface area contributed by atoms with Crippen molar-refractivity contribution in [1.29, 1.82) is 0 Å². The highest BCUT2D eigenvalue weighted by atomic mass is 15.1. The topological polar surface area (TPSA) is 14.2 Å². The monoisotopic (exact) mass is 608 g/mol. The van der Waals surface area contributed by atoms with E-state index in [1.54, 1.807) is 0 Å². The summed E-state index contributed by atoms with van der Waals surface area (Å²) in [6, 6.07) is 35.1. The van der Waals surface area contributed by atoms with Crippen molar-refractivity contribution in [2.75, 3.05) is 36.0 Å². The Morgan fingerprint density at radius 1 is 0.413 bits per heavy atom. The summed E-state index contributed by atoms with van der Waals surface area (Å²) in [7, 11) is 0. The predicted octanol–water partition coefficient (Wildman–Crippen LogP) is 8.39. The van der Waals surface area contributed by atoms with Crippen LogP contribution in [0, 0.1) is 0 Å². The first-order chi connectivity index (χ1) is 22.6. The molecular weight excluding hydrogens is 560 g/mol. The van der Waals surface area contributed by atoms with Gasteiger partial charge in [0.1, 0.15) is 0 Å². The quantitative estimate of drug-likeness (QED) is 0.118. The van der Waals surface area contributed by atoms with Crippen LogP contribution in [0.1, 0.15) is 61.1 Å². The summed E-state index contributed by atoms with van der Waals surface area (Å²) in [6.07, 6.45) is 17.4. The molecule has 0 radical (unpaired) electrons. The van der Waals surface area contributed by atoms with Crippen molar-refractivity contribution in [1.82, 2.24) is 0 Å². The van der Waals surface area contributed by atoms with Gasteiger partial charge in [-0.2, -0.15) is 0 Å². The Morgan fingerprint density at radius 2 is 0.717 bits per heavy atom. The van der Waals surface area contributed by atoms with E-state index in [0.29, 0.717) is 0 Å². The molecule has 4 heteroatoms. The molecule has 0 unspecified atom stereocenters. The molecule has 2 heterocycles. The molecule has 5 aromatic rings. The number of aromatic nitrogens is 2. The van der Waals surface area contributed by atoms with Gasteiger partial charge >= 0.3 is 0 Å². The van der Waals surface area contributed by atoms with Crippen molar-refractivity contribution in [3.8, 4) is 0 Å². The van der Waals surface area contributed by atoms with Crippen molar-refractivity contribution in [2.24, 2.45) is 0 Å². The summed E-state index contributed by atoms with van der Waals surface area (Å²) >= 11 is 0. The molecule has 0 aliphatic rings. The standard InChI is InChI=1S/C42H48N4/c1-5-45(6-2)41-21-17-35(18-22-41)13-15-37-25-29-43(30-26-37)33-39-11-9-10-12-40(39)34-44-31-27-38(28-32-44)16-14-36-19-23-42(24-20-36)46(7-3)8-4/h9-32H,5-8,33-34H2,1-4H3/q+2. The Morgan fingerprint density at radius 3 is 1.02 bits per heavy atom. The highest BCUT2D eigenvalue weighted by Crippen LogP contribution is 2.18. The molecule has 0 spiro atoms. The summed E-state index contributed by atoms with van der Waals surface area (Å²) in [5.74, 6) is 0. The maximum absolute atomic E-state index is 2.36. The molecule has 4 nitrogen and oxygen atoms in total. The molecule has 234 valence electrons. The Balaban J connectivity index is 1.18. The van der Waals surface area contributed by atoms with Crippen molar-refractivity contribution in [3.05, 3.63) is 155 Å². The van der Waals surface area contributed by atoms with E-state index in [1.807, 2.05) is 0 Å². The maximum Gasteiger partial charge on any atom is 0.174 e. The lowest BCUT2D eigenvalue weighted by atomic mass is 10.1. The Hall–Kier alpha value is -4.96. The van der Waals surface area contributed by atoms with Gasteiger partial charge in [0.15, 0.2) is 37.9 Å². The van der Waals surface area contributed by atoms with Crippen molar-refractivity contribution in [3.63, 3.8) is 0 Å². The summed E-state index contributed by atoms with van der Waals surface area (Å²) in [5.41, 5.74) is 10.0. The van der Waals surface area contributed by atoms with Gasteiger partial charge in [0.05, 0.1) is 0 Å². The second-order valence-corrected chi connectivity index (χ2v) is 11.6. The fourth-order valence-electron chi connectivity index (χ4n) is 5.79. The minimum absolute atomic E-state index is 0.835. The first kappa shape index (κ1) is 32.4. The lowest BCUT2D eigenvalue weighted by Gasteiger charge is -2.20. The highest BCUT2D eigenvalue weighted by molar-refractivity contribution is 5.71. The SMILES string of the molecule is CCN(CC)c1ccc(/C=C/c2cc[n+](Cc3ccccc3C[n+]3ccc(/C=C/c4ccc(N(CC)CC)cc4)cc3)cc2)cc1. The second-order valence-electron chi connectivity index (χ2n) is 11.6. The van der Waals surface area contributed by atoms with Crippen LogP contribution in [0.4, 0.5) is 11.4 Å². The van der Waals surface area contributed by atoms with Crippen LogP contribution in [0.3, 0.4) is 0 Å². The third-order valence-electron chi connectivity index (χ3n) is 8.64. The third-order valence-corrected chi connectivity index (χ3v) is 8.64. The average Bonchev–Trinajstić information content (AvgIpc) is 3.11. The zero-order valence-electron chi connectivity index (χ0n) is 27.9. The van der Waals surface area contributed by atoms with Gasteiger partial charge < -0.3 is 9.80 Å². The molecule has 0 fully saturated rings. The molecule has 0 N–H and O–H groups in total. The molecule has 0 atom stereocenters. The number of nitrogens with zero attached hydrogens (tertiary/aromatic N) is 4. The molecule has 2 aromatic heterocycles. The summed E-state index contributed by atoms with van der Waals surface area (Å²) in [5, 5.41) is 0. The van der Waals surface area contributed by atoms with E-state index >= 15 is 0 Å². The summed E-state index contributed by atoms with van der Waals surface area (Å²) in [4.78, 5) is 4.73. The predicted molar refractivity (Wildman–Crippen MR) is 196 cm³/mol. The fourth-order valence-corrected chi connectivity index (χ4v) is 5.79. The number of benzene rings is 3. The molecule has 0 amide bonds. The van der Waals surface area contributed by atoms with Crippen LogP contribution >= 0.6 is 0 Å². The highest BCUT2D eigenvalue weighted by Gasteiger charge is 2.12. The minimum Gasteiger partial charge on any atom is -0.372 e. The van der Waals surface area contributed by atoms with Crippen LogP contribution in [0.15, 0.2) is 122 Å². The van der Waals surface area contributed by atoms with E-state index in [-0.39, 0.29) is 0 Å². The fraction of sp³-hybridized carbons (Fsp3) is 0.238. The number of pyridine rings is 2. The number of rotatable bonds is 14. The normalized spacial score (nSPS) is 11.4. The lowest BCUT2D eigenvalue weighted by Crippen LogP contribution is -2.36. The van der Waals surface area contributed by atoms with Crippen molar-refractivity contribution in [2.45, 2.75) is 40.8 Å². The van der Waals surface area contributed by atoms with Crippen molar-refractivity contribution >= 4 is 35.7 Å². The maximum atomic E-state index is 2.36. The van der Waals surface area contributed by atoms with Gasteiger partial charge in [0.25, 0.3) is 0 Å². The van der Waals surface area contributed by atoms with Gasteiger partial charge in [-0.25, -0.2) is 9.13 Å². The van der Waals surface area contributed by atoms with E-state index in [0.717, 1.165) is 39.3 Å². The van der Waals surface area contributed by atoms with Gasteiger partial charge in [-0.15, -0.1) is 0 Å². The zero-order chi connectivity index (χ0) is 32.1. The molecular formula is C42H48N4+2. The molecule has 46 heavy (non-hydrogen) atoms. The van der Waals surface area contributed by atoms with E-state index < -0.39 is 0 Å². The summed E-state index contributed by atoms with van der Waals surface area (Å²) in [6.45, 7) is 14.6. The zero-order valence-corrected chi connectivity index (χ0v) is 27.9. The van der Waals surface area contributed by atoms with Gasteiger partial charge in [0, 0.05) is 72.9 Å². The van der Waals surface area contributed by atoms with E-state index in [4.69, 9.17) is 0 Å². The molecule has 0 saturated heterocycles. The Labute approximate surface area is 276 Å². The number of hydrogen-bond donors (Lipinski definition) is 0. The van der Waals surface area contributed by atoms with Gasteiger partial charge in [0.2, 0.25) is 0 Å². The molecule has 3 aromatic carbocycles. The van der Waals surface area contributed by atoms with E-state index in [1.165, 1.54) is 44.8 Å². The minimum atomic E-state index is 0.835. The third kappa shape index (κ3) is 8.82. The van der Waals surface area contributed by atoms with Crippen LogP contribution in [0.25, 0.3) is 24.3 Å². The van der Waals surface area contributed by atoms with Crippen LogP contribution in [0.2, 0.25) is 0 Å². The second kappa shape index (κ2) is 16.4. The van der Waals surface area contributed by atoms with E-state index in [2.05, 4.69) is 193 Å². The Bertz CT molecular complexity index is 1560. The molecule has 5 rings (SSSR count). The molecule has 0 aliphatic heterocycles. The van der Waals surface area contributed by atoms with Gasteiger partial charge in [-0.05, 0) is 74.2 Å². The van der Waals surface area contributed by atoms with Crippen LogP contribution in [0.5, 0.6) is 0 Å². The largest absolute Gasteiger partial charge is 0.372 e. The van der Waals surface area contributed by atoms with Gasteiger partial charge in [-0.1, -0.05) is 72.8 Å². The van der Waals surface area contributed by atoms with E-state index in [9.17, 15) is 0 Å². The molecule has 0 saturated carbocycles. The smallest absolute Gasteiger partial charge is 0.174 e. The van der Waals surface area contributed by atoms with Crippen molar-refractivity contribution < 1.29 is 9.13 Å².